The molecule has 24 rings (SSSR count). The second-order valence-corrected chi connectivity index (χ2v) is 43.8. The maximum Gasteiger partial charge on any atom is 0.203 e. The number of hydrogen-bond donors (Lipinski definition) is 8. The number of hydrogen-bond acceptors (Lipinski definition) is 24. The number of likely N-dealkylation sites (tertiary alicyclic amines) is 2. The van der Waals surface area contributed by atoms with Gasteiger partial charge in [0.2, 0.25) is 27.1 Å². The Labute approximate surface area is 871 Å². The van der Waals surface area contributed by atoms with E-state index in [1.54, 1.807) is 36.4 Å². The third-order valence-corrected chi connectivity index (χ3v) is 34.6. The quantitative estimate of drug-likeness (QED) is 0.0331. The van der Waals surface area contributed by atoms with E-state index in [4.69, 9.17) is 22.1 Å². The zero-order chi connectivity index (χ0) is 102. The first-order chi connectivity index (χ1) is 72.2. The van der Waals surface area contributed by atoms with Crippen LogP contribution in [-0.2, 0) is 65.2 Å². The summed E-state index contributed by atoms with van der Waals surface area (Å²) in [5.41, 5.74) is 16.7. The Kier molecular flexibility index (Phi) is 30.9. The highest BCUT2D eigenvalue weighted by Crippen LogP contribution is 2.44. The summed E-state index contributed by atoms with van der Waals surface area (Å²) >= 11 is 5.96. The van der Waals surface area contributed by atoms with Crippen LogP contribution in [0.5, 0.6) is 28.7 Å². The third kappa shape index (κ3) is 20.7. The lowest BCUT2D eigenvalue weighted by atomic mass is 9.83. The predicted octanol–water partition coefficient (Wildman–Crippen LogP) is 23.2. The Morgan fingerprint density at radius 3 is 1.01 bits per heavy atom. The molecule has 0 amide bonds. The molecule has 0 unspecified atom stereocenters. The maximum absolute atomic E-state index is 13.6. The van der Waals surface area contributed by atoms with E-state index in [1.165, 1.54) is 194 Å². The molecule has 24 nitrogen and oxygen atoms in total. The van der Waals surface area contributed by atoms with Crippen LogP contribution < -0.4 is 41.8 Å². The minimum atomic E-state index is -0.107. The van der Waals surface area contributed by atoms with Crippen molar-refractivity contribution in [3.8, 4) is 82.4 Å². The Bertz CT molecular complexity index is 8340. The van der Waals surface area contributed by atoms with Gasteiger partial charge in [0.25, 0.3) is 0 Å². The fourth-order valence-electron chi connectivity index (χ4n) is 21.9. The summed E-state index contributed by atoms with van der Waals surface area (Å²) < 4.78 is 36.1. The molecule has 4 aliphatic rings. The van der Waals surface area contributed by atoms with Gasteiger partial charge in [0, 0.05) is 18.2 Å². The van der Waals surface area contributed by atoms with E-state index in [0.29, 0.717) is 183 Å². The molecular formula is C120H124N9O15S4+3. The summed E-state index contributed by atoms with van der Waals surface area (Å²) in [6, 6.07) is 49.7. The smallest absolute Gasteiger partial charge is 0.203 e. The number of quaternary nitrogens is 3. The standard InChI is InChI=1S/C25H27N3O3.2C25H25NO3S.C23H24N2O3S.C22H20N2O3S/c1-3-16-13-17-23(30)19(25-26-20-9-5-6-10-21(20)27(25)2)15-31-24(17)18(22(16)29)14-28-11-7-4-8-12-28;2*1-2-16-13-18-23(28)19(25-26-20-10-6-7-11-21(20)30-25)14-29-24(18)17(22(16)27)12-15-8-4-3-5-9-15;1-4-14-11-15-21(27)17(23-24-18-9-7-8-10-19(18)29-23)13-28-22(15)16(20(14)26)12-25(5-2)6-3;25-18-9-8-14-20(26)16(22-23-17-6-2-3-7-19(17)28-22)13-27-21(14)15(18)12-24-10-4-1-5-11-24/h5-6,9-10,13,15,29H,3-4,7-8,11-12,14H2,1-2H3;2*6-7,10-11,13-15,27H,2-5,8-9,12H2,1H3;7-11,13,26H,4-6,12H2,1-3H3;2-3,6-9,13,25H,1,4-5,10-12H2/p+3. The number of phenols is 5. The molecule has 8 N–H and O–H groups in total. The molecule has 0 radical (unpaired) electrons. The average molecular weight is 2060 g/mol. The summed E-state index contributed by atoms with van der Waals surface area (Å²) in [5.74, 6) is 2.97. The van der Waals surface area contributed by atoms with Gasteiger partial charge >= 0.3 is 0 Å². The van der Waals surface area contributed by atoms with Gasteiger partial charge < -0.3 is 66.9 Å². The molecule has 0 atom stereocenters. The van der Waals surface area contributed by atoms with Crippen LogP contribution in [0.1, 0.15) is 194 Å². The number of aryl methyl sites for hydroxylation is 5. The van der Waals surface area contributed by atoms with Gasteiger partial charge in [-0.25, -0.2) is 24.9 Å². The van der Waals surface area contributed by atoms with Crippen LogP contribution in [0.2, 0.25) is 0 Å². The second-order valence-electron chi connectivity index (χ2n) is 39.7. The lowest BCUT2D eigenvalue weighted by Gasteiger charge is -2.24. The molecule has 0 spiro atoms. The molecular weight excluding hydrogens is 1940 g/mol. The number of nitrogens with one attached hydrogen (secondary N) is 3. The normalized spacial score (nSPS) is 14.6. The number of aromatic nitrogens is 6. The molecule has 148 heavy (non-hydrogen) atoms. The minimum absolute atomic E-state index is 0.0742. The molecule has 12 heterocycles. The number of imidazole rings is 1. The maximum atomic E-state index is 13.6. The number of aromatic hydroxyl groups is 5. The zero-order valence-electron chi connectivity index (χ0n) is 84.6. The monoisotopic (exact) mass is 2060 g/mol. The number of benzene rings is 10. The Morgan fingerprint density at radius 2 is 0.642 bits per heavy atom. The summed E-state index contributed by atoms with van der Waals surface area (Å²) in [6.07, 6.45) is 31.3. The largest absolute Gasteiger partial charge is 0.507 e. The van der Waals surface area contributed by atoms with Crippen molar-refractivity contribution in [2.24, 2.45) is 18.9 Å². The van der Waals surface area contributed by atoms with Crippen LogP contribution in [0.4, 0.5) is 0 Å². The molecule has 2 aliphatic carbocycles. The molecule has 2 aliphatic heterocycles. The van der Waals surface area contributed by atoms with Gasteiger partial charge in [0.1, 0.15) is 139 Å². The van der Waals surface area contributed by atoms with E-state index in [1.807, 2.05) is 161 Å². The van der Waals surface area contributed by atoms with Crippen molar-refractivity contribution in [2.75, 3.05) is 39.3 Å². The van der Waals surface area contributed by atoms with Gasteiger partial charge in [0.05, 0.1) is 157 Å². The molecule has 0 bridgehead atoms. The van der Waals surface area contributed by atoms with Crippen LogP contribution in [0.15, 0.2) is 235 Å². The first-order valence-electron chi connectivity index (χ1n) is 52.5. The van der Waals surface area contributed by atoms with E-state index in [-0.39, 0.29) is 44.4 Å². The van der Waals surface area contributed by atoms with Crippen LogP contribution in [-0.4, -0.2) is 94.3 Å². The van der Waals surface area contributed by atoms with Crippen molar-refractivity contribution in [2.45, 2.75) is 202 Å². The summed E-state index contributed by atoms with van der Waals surface area (Å²) in [6.45, 7) is 20.4. The molecule has 760 valence electrons. The van der Waals surface area contributed by atoms with E-state index in [2.05, 4.69) is 38.8 Å². The Hall–Kier alpha value is -13.8. The molecule has 28 heteroatoms. The topological polar surface area (TPSA) is 335 Å². The van der Waals surface area contributed by atoms with Crippen molar-refractivity contribution in [1.82, 2.24) is 29.5 Å². The first-order valence-corrected chi connectivity index (χ1v) is 55.7. The molecule has 4 fully saturated rings. The van der Waals surface area contributed by atoms with Crippen molar-refractivity contribution < 1.29 is 62.3 Å². The number of phenolic OH excluding ortho intramolecular Hbond substituents is 5. The molecule has 20 aromatic rings. The van der Waals surface area contributed by atoms with Crippen LogP contribution in [0.25, 0.3) is 160 Å². The SMILES string of the molecule is CCc1cc2c(=O)c(-c3nc4ccccc4n3C)coc2c(C[NH+]2CCCCC2)c1O.CCc1cc2c(=O)c(-c3nc4ccccc4s3)coc2c(CC2CCCCC2)c1O.CCc1cc2c(=O)c(-c3nc4ccccc4s3)coc2c(CC2CCCCC2)c1O.CCc1cc2c(=O)c(-c3nc4ccccc4s3)coc2c(C[NH+](CC)CC)c1O.O=c1c(-c2nc3ccccc3s2)coc2c(C[NH+]3CCCCC3)c(O)ccc12. The van der Waals surface area contributed by atoms with Crippen molar-refractivity contribution >= 4 is 152 Å². The van der Waals surface area contributed by atoms with Gasteiger partial charge in [0.15, 0.2) is 0 Å². The highest BCUT2D eigenvalue weighted by Gasteiger charge is 2.32. The number of para-hydroxylation sites is 6. The molecule has 2 saturated heterocycles. The van der Waals surface area contributed by atoms with Crippen molar-refractivity contribution in [3.05, 3.63) is 290 Å². The summed E-state index contributed by atoms with van der Waals surface area (Å²) in [7, 11) is 1.91. The number of thiazole rings is 4. The zero-order valence-corrected chi connectivity index (χ0v) is 87.9. The second kappa shape index (κ2) is 45.1. The van der Waals surface area contributed by atoms with Crippen LogP contribution in [0.3, 0.4) is 0 Å². The summed E-state index contributed by atoms with van der Waals surface area (Å²) in [5, 5.41) is 59.3. The van der Waals surface area contributed by atoms with Gasteiger partial charge in [-0.1, -0.05) is 153 Å². The van der Waals surface area contributed by atoms with Crippen LogP contribution in [0, 0.1) is 11.8 Å². The van der Waals surface area contributed by atoms with Gasteiger partial charge in [-0.2, -0.15) is 0 Å². The Balaban J connectivity index is 0.000000112. The fourth-order valence-corrected chi connectivity index (χ4v) is 25.8. The minimum Gasteiger partial charge on any atom is -0.507 e. The van der Waals surface area contributed by atoms with Gasteiger partial charge in [-0.3, -0.25) is 24.0 Å². The lowest BCUT2D eigenvalue weighted by Crippen LogP contribution is -3.11. The Morgan fingerprint density at radius 1 is 0.338 bits per heavy atom. The van der Waals surface area contributed by atoms with E-state index in [9.17, 15) is 49.5 Å². The predicted molar refractivity (Wildman–Crippen MR) is 595 cm³/mol. The van der Waals surface area contributed by atoms with Crippen LogP contribution >= 0.6 is 45.3 Å². The number of fused-ring (bicyclic) bond motifs is 10. The number of rotatable bonds is 21. The molecule has 10 aromatic carbocycles. The average Bonchev–Trinajstić information content (AvgIpc) is 1.50. The van der Waals surface area contributed by atoms with Gasteiger partial charge in [-0.15, -0.1) is 45.3 Å². The highest BCUT2D eigenvalue weighted by atomic mass is 32.1. The number of nitrogens with zero attached hydrogens (tertiary/aromatic N) is 6. The highest BCUT2D eigenvalue weighted by molar-refractivity contribution is 7.22. The molecule has 10 aromatic heterocycles. The van der Waals surface area contributed by atoms with E-state index < -0.39 is 0 Å². The van der Waals surface area contributed by atoms with E-state index >= 15 is 0 Å². The van der Waals surface area contributed by atoms with E-state index in [0.717, 1.165) is 149 Å². The fraction of sp³-hybridized carbons (Fsp3) is 0.333. The van der Waals surface area contributed by atoms with Crippen molar-refractivity contribution in [3.63, 3.8) is 0 Å². The number of piperidine rings is 2. The van der Waals surface area contributed by atoms with Gasteiger partial charge in [-0.05, 0) is 222 Å². The van der Waals surface area contributed by atoms with Crippen molar-refractivity contribution in [1.29, 1.82) is 0 Å². The lowest BCUT2D eigenvalue weighted by molar-refractivity contribution is -0.918. The molecule has 2 saturated carbocycles. The third-order valence-electron chi connectivity index (χ3n) is 30.3. The first kappa shape index (κ1) is 101. The summed E-state index contributed by atoms with van der Waals surface area (Å²) in [4.78, 5) is 94.4.